The molecule has 0 N–H and O–H groups in total. The molecule has 4 atom stereocenters. The number of aryl methyl sites for hydroxylation is 1. The number of para-hydroxylation sites is 4. The van der Waals surface area contributed by atoms with Gasteiger partial charge in [0.25, 0.3) is 0 Å². The smallest absolute Gasteiger partial charge is 0.231 e. The molecule has 0 fully saturated rings. The van der Waals surface area contributed by atoms with Crippen LogP contribution in [0, 0.1) is 0 Å². The standard InChI is InChI=1S/3C27H29NO4.C25H26O3/c3*1-3-27(29)28(18-20-9-5-4-6-10-20)16-15-22(23-11-7-8-12-24(23)30-2)21-13-14-25-26(17-21)32-19-31-25;1-26-23-14-8-7-13-22(23)21(12-6-5-11-19-9-3-2-4-10-19)20-15-16-24-25(17-20)28-18-27-24/h3*4-14,17,22H,3,15-16,18-19H2,1-2H3;2-4,7-10,13-17,21H,5-6,11-12,18H2,1H3. The van der Waals surface area contributed by atoms with Gasteiger partial charge in [-0.15, -0.1) is 0 Å². The molecule has 0 bridgehead atoms. The first-order valence-electron chi connectivity index (χ1n) is 43.0. The van der Waals surface area contributed by atoms with Crippen molar-refractivity contribution in [3.63, 3.8) is 0 Å². The molecule has 4 heterocycles. The van der Waals surface area contributed by atoms with Crippen LogP contribution in [-0.4, -0.2) is 108 Å². The van der Waals surface area contributed by atoms with E-state index in [2.05, 4.69) is 127 Å². The van der Waals surface area contributed by atoms with Crippen molar-refractivity contribution >= 4 is 17.7 Å². The van der Waals surface area contributed by atoms with E-state index in [9.17, 15) is 14.4 Å². The Labute approximate surface area is 730 Å². The zero-order valence-electron chi connectivity index (χ0n) is 72.1. The van der Waals surface area contributed by atoms with Crippen LogP contribution in [0.15, 0.2) is 291 Å². The maximum atomic E-state index is 12.7. The summed E-state index contributed by atoms with van der Waals surface area (Å²) in [6.07, 6.45) is 8.22. The van der Waals surface area contributed by atoms with Gasteiger partial charge in [-0.1, -0.05) is 246 Å². The highest BCUT2D eigenvalue weighted by molar-refractivity contribution is 5.77. The van der Waals surface area contributed by atoms with Crippen molar-refractivity contribution in [3.8, 4) is 69.0 Å². The number of hydrogen-bond donors (Lipinski definition) is 0. The predicted octanol–water partition coefficient (Wildman–Crippen LogP) is 22.1. The molecule has 12 aromatic carbocycles. The molecule has 0 radical (unpaired) electrons. The van der Waals surface area contributed by atoms with Gasteiger partial charge in [-0.2, -0.15) is 0 Å². The molecule has 0 saturated heterocycles. The molecule has 16 rings (SSSR count). The molecule has 4 aliphatic rings. The van der Waals surface area contributed by atoms with Gasteiger partial charge in [0.2, 0.25) is 44.9 Å². The van der Waals surface area contributed by atoms with Crippen LogP contribution in [-0.2, 0) is 40.4 Å². The fourth-order valence-electron chi connectivity index (χ4n) is 16.5. The van der Waals surface area contributed by atoms with Gasteiger partial charge in [-0.05, 0) is 156 Å². The third kappa shape index (κ3) is 23.7. The van der Waals surface area contributed by atoms with E-state index in [-0.39, 0.29) is 61.8 Å². The number of fused-ring (bicyclic) bond motifs is 4. The highest BCUT2D eigenvalue weighted by Gasteiger charge is 2.30. The number of carbonyl (C=O) groups excluding carboxylic acids is 3. The molecular weight excluding hydrogens is 1560 g/mol. The average molecular weight is 1670 g/mol. The third-order valence-corrected chi connectivity index (χ3v) is 23.0. The number of carbonyl (C=O) groups is 3. The summed E-state index contributed by atoms with van der Waals surface area (Å²) in [6, 6.07) is 98.2. The van der Waals surface area contributed by atoms with Gasteiger partial charge in [0, 0.05) is 104 Å². The van der Waals surface area contributed by atoms with Gasteiger partial charge in [-0.25, -0.2) is 0 Å². The summed E-state index contributed by atoms with van der Waals surface area (Å²) in [4.78, 5) is 44.1. The first kappa shape index (κ1) is 88.4. The Bertz CT molecular complexity index is 4980. The van der Waals surface area contributed by atoms with Crippen molar-refractivity contribution in [2.45, 2.75) is 128 Å². The highest BCUT2D eigenvalue weighted by Crippen LogP contribution is 2.46. The van der Waals surface area contributed by atoms with Crippen LogP contribution in [0.25, 0.3) is 0 Å². The van der Waals surface area contributed by atoms with Crippen LogP contribution in [0.2, 0.25) is 0 Å². The second-order valence-corrected chi connectivity index (χ2v) is 30.7. The fourth-order valence-corrected chi connectivity index (χ4v) is 16.5. The van der Waals surface area contributed by atoms with E-state index in [4.69, 9.17) is 56.8 Å². The zero-order chi connectivity index (χ0) is 86.2. The maximum Gasteiger partial charge on any atom is 0.231 e. The maximum absolute atomic E-state index is 12.7. The van der Waals surface area contributed by atoms with Crippen LogP contribution in [0.4, 0.5) is 0 Å². The number of methoxy groups -OCH3 is 4. The topological polar surface area (TPSA) is 172 Å². The SMILES string of the molecule is CCC(=O)N(CCC(c1ccc2c(c1)OCO2)c1ccccc1OC)Cc1ccccc1.CCC(=O)N(CCC(c1ccc2c(c1)OCO2)c1ccccc1OC)Cc1ccccc1.CCC(=O)N(CCC(c1ccc2c(c1)OCO2)c1ccccc1OC)Cc1ccccc1.COc1ccccc1C(CCCCc1ccccc1)c1ccc2c(c1)OCO2. The van der Waals surface area contributed by atoms with Crippen molar-refractivity contribution in [1.29, 1.82) is 0 Å². The monoisotopic (exact) mass is 1670 g/mol. The summed E-state index contributed by atoms with van der Waals surface area (Å²) >= 11 is 0. The Morgan fingerprint density at radius 2 is 0.508 bits per heavy atom. The van der Waals surface area contributed by atoms with E-state index in [0.717, 1.165) is 158 Å². The zero-order valence-corrected chi connectivity index (χ0v) is 72.1. The van der Waals surface area contributed by atoms with Crippen LogP contribution in [0.3, 0.4) is 0 Å². The lowest BCUT2D eigenvalue weighted by Gasteiger charge is -2.27. The third-order valence-electron chi connectivity index (χ3n) is 23.0. The number of ether oxygens (including phenoxy) is 12. The van der Waals surface area contributed by atoms with E-state index >= 15 is 0 Å². The normalized spacial score (nSPS) is 13.0. The quantitative estimate of drug-likeness (QED) is 0.0343. The Morgan fingerprint density at radius 1 is 0.274 bits per heavy atom. The van der Waals surface area contributed by atoms with Crippen LogP contribution >= 0.6 is 0 Å². The molecule has 0 aliphatic carbocycles. The number of amides is 3. The van der Waals surface area contributed by atoms with E-state index in [1.54, 1.807) is 28.4 Å². The van der Waals surface area contributed by atoms with Gasteiger partial charge in [0.05, 0.1) is 28.4 Å². The van der Waals surface area contributed by atoms with E-state index < -0.39 is 0 Å². The molecule has 0 spiro atoms. The summed E-state index contributed by atoms with van der Waals surface area (Å²) < 4.78 is 67.1. The van der Waals surface area contributed by atoms with Gasteiger partial charge >= 0.3 is 0 Å². The minimum Gasteiger partial charge on any atom is -0.496 e. The minimum atomic E-state index is 0.0450. The molecule has 12 aromatic rings. The van der Waals surface area contributed by atoms with Crippen molar-refractivity contribution < 1.29 is 71.2 Å². The Kier molecular flexibility index (Phi) is 32.5. The lowest BCUT2D eigenvalue weighted by molar-refractivity contribution is -0.132. The molecule has 642 valence electrons. The summed E-state index contributed by atoms with van der Waals surface area (Å²) in [5.41, 5.74) is 13.9. The molecule has 4 unspecified atom stereocenters. The minimum absolute atomic E-state index is 0.0450. The second-order valence-electron chi connectivity index (χ2n) is 30.7. The predicted molar refractivity (Wildman–Crippen MR) is 484 cm³/mol. The van der Waals surface area contributed by atoms with Crippen LogP contribution in [0.5, 0.6) is 69.0 Å². The van der Waals surface area contributed by atoms with Crippen molar-refractivity contribution in [3.05, 3.63) is 358 Å². The van der Waals surface area contributed by atoms with Crippen LogP contribution < -0.4 is 56.8 Å². The van der Waals surface area contributed by atoms with Gasteiger partial charge in [0.15, 0.2) is 46.0 Å². The Balaban J connectivity index is 0.000000142. The highest BCUT2D eigenvalue weighted by atomic mass is 16.7. The largest absolute Gasteiger partial charge is 0.496 e. The first-order chi connectivity index (χ1) is 60.9. The summed E-state index contributed by atoms with van der Waals surface area (Å²) in [7, 11) is 6.82. The molecule has 18 heteroatoms. The second kappa shape index (κ2) is 45.5. The Morgan fingerprint density at radius 3 is 0.766 bits per heavy atom. The molecular formula is C106H113N3O15. The van der Waals surface area contributed by atoms with Crippen LogP contribution in [0.1, 0.15) is 169 Å². The van der Waals surface area contributed by atoms with E-state index in [0.29, 0.717) is 65.3 Å². The number of unbranched alkanes of at least 4 members (excludes halogenated alkanes) is 1. The number of benzene rings is 12. The van der Waals surface area contributed by atoms with Gasteiger partial charge < -0.3 is 71.5 Å². The summed E-state index contributed by atoms with van der Waals surface area (Å²) in [6.45, 7) is 10.5. The molecule has 0 aromatic heterocycles. The molecule has 0 saturated carbocycles. The van der Waals surface area contributed by atoms with E-state index in [1.165, 1.54) is 23.1 Å². The number of nitrogens with zero attached hydrogens (tertiary/aromatic N) is 3. The fraction of sp³-hybridized carbons (Fsp3) is 0.292. The lowest BCUT2D eigenvalue weighted by Crippen LogP contribution is -2.31. The molecule has 3 amide bonds. The molecule has 4 aliphatic heterocycles. The molecule has 124 heavy (non-hydrogen) atoms. The summed E-state index contributed by atoms with van der Waals surface area (Å²) in [5, 5.41) is 0. The molecule has 18 nitrogen and oxygen atoms in total. The van der Waals surface area contributed by atoms with Gasteiger partial charge in [0.1, 0.15) is 23.0 Å². The van der Waals surface area contributed by atoms with Crippen molar-refractivity contribution in [2.24, 2.45) is 0 Å². The average Bonchev–Trinajstić information content (AvgIpc) is 1.52. The van der Waals surface area contributed by atoms with Crippen molar-refractivity contribution in [1.82, 2.24) is 14.7 Å². The van der Waals surface area contributed by atoms with Crippen molar-refractivity contribution in [2.75, 3.05) is 75.2 Å². The lowest BCUT2D eigenvalue weighted by atomic mass is 9.86. The summed E-state index contributed by atoms with van der Waals surface area (Å²) in [5.74, 6) is 10.5. The van der Waals surface area contributed by atoms with E-state index in [1.807, 2.05) is 199 Å². The Hall–Kier alpha value is -13.4. The van der Waals surface area contributed by atoms with Gasteiger partial charge in [-0.3, -0.25) is 14.4 Å². The number of hydrogen-bond acceptors (Lipinski definition) is 15. The number of rotatable bonds is 35. The first-order valence-corrected chi connectivity index (χ1v) is 43.0.